The molecule has 0 spiro atoms. The molecule has 1 fully saturated rings. The normalized spacial score (nSPS) is 18.9. The number of nitrogens with zero attached hydrogens (tertiary/aromatic N) is 3. The Morgan fingerprint density at radius 3 is 3.16 bits per heavy atom. The Hall–Kier alpha value is -1.95. The Morgan fingerprint density at radius 1 is 1.53 bits per heavy atom. The predicted octanol–water partition coefficient (Wildman–Crippen LogP) is 1.09. The zero-order valence-corrected chi connectivity index (χ0v) is 10.7. The molecule has 19 heavy (non-hydrogen) atoms. The Kier molecular flexibility index (Phi) is 3.16. The predicted molar refractivity (Wildman–Crippen MR) is 67.0 cm³/mol. The highest BCUT2D eigenvalue weighted by atomic mass is 16.5. The molecule has 0 N–H and O–H groups in total. The molecule has 0 radical (unpaired) electrons. The highest BCUT2D eigenvalue weighted by Gasteiger charge is 2.21. The number of hydrogen-bond donors (Lipinski definition) is 0. The summed E-state index contributed by atoms with van der Waals surface area (Å²) in [5.74, 6) is 0.846. The van der Waals surface area contributed by atoms with Gasteiger partial charge in [-0.05, 0) is 24.5 Å². The lowest BCUT2D eigenvalue weighted by molar-refractivity contribution is 0.0592. The van der Waals surface area contributed by atoms with Gasteiger partial charge in [0.05, 0.1) is 7.11 Å². The molecular weight excluding hydrogens is 246 g/mol. The van der Waals surface area contributed by atoms with Gasteiger partial charge in [-0.25, -0.2) is 4.79 Å². The Balaban J connectivity index is 2.01. The van der Waals surface area contributed by atoms with Gasteiger partial charge in [0.1, 0.15) is 11.5 Å². The molecule has 2 aromatic heterocycles. The number of ether oxygens (including phenoxy) is 2. The number of methoxy groups -OCH3 is 1. The summed E-state index contributed by atoms with van der Waals surface area (Å²) < 4.78 is 11.9. The fourth-order valence-electron chi connectivity index (χ4n) is 2.40. The third-order valence-electron chi connectivity index (χ3n) is 3.39. The van der Waals surface area contributed by atoms with Gasteiger partial charge in [0.25, 0.3) is 0 Å². The number of rotatable bonds is 3. The summed E-state index contributed by atoms with van der Waals surface area (Å²) in [4.78, 5) is 11.8. The summed E-state index contributed by atoms with van der Waals surface area (Å²) >= 11 is 0. The Labute approximate surface area is 110 Å². The van der Waals surface area contributed by atoms with Crippen molar-refractivity contribution in [2.45, 2.75) is 12.8 Å². The summed E-state index contributed by atoms with van der Waals surface area (Å²) in [6.45, 7) is 1.54. The largest absolute Gasteiger partial charge is 0.464 e. The molecule has 0 saturated carbocycles. The van der Waals surface area contributed by atoms with Crippen LogP contribution < -0.4 is 0 Å². The fourth-order valence-corrected chi connectivity index (χ4v) is 2.40. The van der Waals surface area contributed by atoms with Crippen molar-refractivity contribution in [3.8, 4) is 0 Å². The van der Waals surface area contributed by atoms with E-state index in [1.54, 1.807) is 16.5 Å². The average Bonchev–Trinajstić information content (AvgIpc) is 3.08. The SMILES string of the molecule is COC(=O)c1cccc2nnc(CC3CCOC3)n12. The van der Waals surface area contributed by atoms with Crippen LogP contribution in [-0.2, 0) is 15.9 Å². The summed E-state index contributed by atoms with van der Waals surface area (Å²) in [7, 11) is 1.37. The second-order valence-electron chi connectivity index (χ2n) is 4.65. The van der Waals surface area contributed by atoms with Gasteiger partial charge in [-0.1, -0.05) is 6.07 Å². The van der Waals surface area contributed by atoms with Crippen molar-refractivity contribution in [1.29, 1.82) is 0 Å². The molecule has 2 aromatic rings. The van der Waals surface area contributed by atoms with Gasteiger partial charge in [0.2, 0.25) is 0 Å². The number of fused-ring (bicyclic) bond motifs is 1. The van der Waals surface area contributed by atoms with Crippen LogP contribution >= 0.6 is 0 Å². The Bertz CT molecular complexity index is 602. The maximum atomic E-state index is 11.8. The van der Waals surface area contributed by atoms with Crippen molar-refractivity contribution in [2.75, 3.05) is 20.3 Å². The fraction of sp³-hybridized carbons (Fsp3) is 0.462. The summed E-state index contributed by atoms with van der Waals surface area (Å²) in [6, 6.07) is 5.32. The van der Waals surface area contributed by atoms with Crippen LogP contribution in [0.5, 0.6) is 0 Å². The van der Waals surface area contributed by atoms with E-state index in [9.17, 15) is 4.79 Å². The zero-order valence-electron chi connectivity index (χ0n) is 10.7. The van der Waals surface area contributed by atoms with Gasteiger partial charge >= 0.3 is 5.97 Å². The average molecular weight is 261 g/mol. The molecule has 1 unspecified atom stereocenters. The van der Waals surface area contributed by atoms with Crippen molar-refractivity contribution >= 4 is 11.6 Å². The first-order chi connectivity index (χ1) is 9.29. The summed E-state index contributed by atoms with van der Waals surface area (Å²) in [5.41, 5.74) is 1.12. The van der Waals surface area contributed by atoms with E-state index in [0.717, 1.165) is 31.9 Å². The van der Waals surface area contributed by atoms with Gasteiger partial charge < -0.3 is 9.47 Å². The lowest BCUT2D eigenvalue weighted by Gasteiger charge is -2.08. The summed E-state index contributed by atoms with van der Waals surface area (Å²) in [6.07, 6.45) is 1.78. The topological polar surface area (TPSA) is 65.7 Å². The first-order valence-corrected chi connectivity index (χ1v) is 6.28. The molecule has 3 rings (SSSR count). The first kappa shape index (κ1) is 12.1. The van der Waals surface area contributed by atoms with Crippen LogP contribution in [0.3, 0.4) is 0 Å². The van der Waals surface area contributed by atoms with Gasteiger partial charge in [0, 0.05) is 19.6 Å². The van der Waals surface area contributed by atoms with E-state index < -0.39 is 0 Å². The van der Waals surface area contributed by atoms with Crippen LogP contribution in [0.4, 0.5) is 0 Å². The smallest absolute Gasteiger partial charge is 0.355 e. The molecule has 0 aliphatic carbocycles. The summed E-state index contributed by atoms with van der Waals surface area (Å²) in [5, 5.41) is 8.29. The highest BCUT2D eigenvalue weighted by molar-refractivity contribution is 5.88. The van der Waals surface area contributed by atoms with Crippen molar-refractivity contribution in [2.24, 2.45) is 5.92 Å². The van der Waals surface area contributed by atoms with Crippen LogP contribution in [0, 0.1) is 5.92 Å². The van der Waals surface area contributed by atoms with Gasteiger partial charge in [-0.2, -0.15) is 0 Å². The molecule has 0 amide bonds. The molecule has 6 heteroatoms. The molecule has 1 aliphatic heterocycles. The maximum Gasteiger partial charge on any atom is 0.355 e. The monoisotopic (exact) mass is 261 g/mol. The van der Waals surface area contributed by atoms with E-state index in [1.807, 2.05) is 6.07 Å². The number of aromatic nitrogens is 3. The van der Waals surface area contributed by atoms with Crippen molar-refractivity contribution in [3.05, 3.63) is 29.7 Å². The lowest BCUT2D eigenvalue weighted by Crippen LogP contribution is -2.13. The van der Waals surface area contributed by atoms with E-state index >= 15 is 0 Å². The van der Waals surface area contributed by atoms with Crippen LogP contribution in [0.2, 0.25) is 0 Å². The van der Waals surface area contributed by atoms with E-state index in [4.69, 9.17) is 9.47 Å². The number of pyridine rings is 1. The lowest BCUT2D eigenvalue weighted by atomic mass is 10.0. The van der Waals surface area contributed by atoms with Crippen molar-refractivity contribution < 1.29 is 14.3 Å². The third kappa shape index (κ3) is 2.19. The van der Waals surface area contributed by atoms with Gasteiger partial charge in [0.15, 0.2) is 5.65 Å². The van der Waals surface area contributed by atoms with Crippen LogP contribution in [0.25, 0.3) is 5.65 Å². The van der Waals surface area contributed by atoms with Crippen LogP contribution in [0.1, 0.15) is 22.7 Å². The molecule has 1 atom stereocenters. The Morgan fingerprint density at radius 2 is 2.42 bits per heavy atom. The van der Waals surface area contributed by atoms with E-state index in [-0.39, 0.29) is 5.97 Å². The number of hydrogen-bond acceptors (Lipinski definition) is 5. The minimum Gasteiger partial charge on any atom is -0.464 e. The second-order valence-corrected chi connectivity index (χ2v) is 4.65. The third-order valence-corrected chi connectivity index (χ3v) is 3.39. The molecule has 0 bridgehead atoms. The highest BCUT2D eigenvalue weighted by Crippen LogP contribution is 2.19. The molecule has 3 heterocycles. The molecule has 100 valence electrons. The van der Waals surface area contributed by atoms with E-state index in [1.165, 1.54) is 7.11 Å². The van der Waals surface area contributed by atoms with Crippen molar-refractivity contribution in [3.63, 3.8) is 0 Å². The van der Waals surface area contributed by atoms with Gasteiger partial charge in [-0.3, -0.25) is 4.40 Å². The van der Waals surface area contributed by atoms with Crippen molar-refractivity contribution in [1.82, 2.24) is 14.6 Å². The van der Waals surface area contributed by atoms with Gasteiger partial charge in [-0.15, -0.1) is 10.2 Å². The minimum absolute atomic E-state index is 0.380. The maximum absolute atomic E-state index is 11.8. The number of carbonyl (C=O) groups is 1. The second kappa shape index (κ2) is 4.97. The minimum atomic E-state index is -0.380. The van der Waals surface area contributed by atoms with E-state index in [0.29, 0.717) is 17.3 Å². The van der Waals surface area contributed by atoms with E-state index in [2.05, 4.69) is 10.2 Å². The van der Waals surface area contributed by atoms with Crippen LogP contribution in [-0.4, -0.2) is 40.9 Å². The molecule has 0 aromatic carbocycles. The number of carbonyl (C=O) groups excluding carboxylic acids is 1. The first-order valence-electron chi connectivity index (χ1n) is 6.28. The molecule has 1 saturated heterocycles. The molecule has 6 nitrogen and oxygen atoms in total. The number of esters is 1. The standard InChI is InChI=1S/C13H15N3O3/c1-18-13(17)10-3-2-4-11-14-15-12(16(10)11)7-9-5-6-19-8-9/h2-4,9H,5-8H2,1H3. The quantitative estimate of drug-likeness (QED) is 0.774. The van der Waals surface area contributed by atoms with Crippen LogP contribution in [0.15, 0.2) is 18.2 Å². The molecular formula is C13H15N3O3. The molecule has 1 aliphatic rings. The zero-order chi connectivity index (χ0) is 13.2.